The van der Waals surface area contributed by atoms with Crippen molar-refractivity contribution >= 4 is 5.78 Å². The third kappa shape index (κ3) is 1.98. The van der Waals surface area contributed by atoms with Crippen molar-refractivity contribution in [1.29, 1.82) is 5.26 Å². The van der Waals surface area contributed by atoms with E-state index in [-0.39, 0.29) is 5.78 Å². The summed E-state index contributed by atoms with van der Waals surface area (Å²) >= 11 is 0. The predicted molar refractivity (Wildman–Crippen MR) is 51.0 cm³/mol. The summed E-state index contributed by atoms with van der Waals surface area (Å²) in [5, 5.41) is 9.00. The Morgan fingerprint density at radius 2 is 2.38 bits per heavy atom. The molecular weight excluding hydrogens is 162 g/mol. The lowest BCUT2D eigenvalue weighted by Gasteiger charge is -2.15. The molecule has 1 unspecified atom stereocenters. The first-order valence-electron chi connectivity index (χ1n) is 4.69. The van der Waals surface area contributed by atoms with Gasteiger partial charge in [-0.25, -0.2) is 0 Å². The van der Waals surface area contributed by atoms with Gasteiger partial charge in [-0.15, -0.1) is 0 Å². The normalized spacial score (nSPS) is 27.0. The molecule has 0 heterocycles. The number of ketones is 1. The highest BCUT2D eigenvalue weighted by atomic mass is 16.1. The van der Waals surface area contributed by atoms with Gasteiger partial charge in [0.2, 0.25) is 0 Å². The van der Waals surface area contributed by atoms with Gasteiger partial charge in [-0.3, -0.25) is 4.79 Å². The summed E-state index contributed by atoms with van der Waals surface area (Å²) in [6.45, 7) is 3.98. The summed E-state index contributed by atoms with van der Waals surface area (Å²) in [4.78, 5) is 11.5. The van der Waals surface area contributed by atoms with Crippen molar-refractivity contribution in [2.45, 2.75) is 39.5 Å². The minimum atomic E-state index is -0.683. The van der Waals surface area contributed by atoms with E-state index in [0.717, 1.165) is 12.8 Å². The van der Waals surface area contributed by atoms with Crippen LogP contribution in [0.2, 0.25) is 0 Å². The van der Waals surface area contributed by atoms with Gasteiger partial charge in [0.05, 0.1) is 6.07 Å². The fourth-order valence-electron chi connectivity index (χ4n) is 1.69. The Labute approximate surface area is 79.2 Å². The third-order valence-electron chi connectivity index (χ3n) is 2.61. The van der Waals surface area contributed by atoms with Crippen LogP contribution in [0.15, 0.2) is 11.6 Å². The van der Waals surface area contributed by atoms with E-state index >= 15 is 0 Å². The Kier molecular flexibility index (Phi) is 2.87. The Bertz CT molecular complexity index is 281. The van der Waals surface area contributed by atoms with Crippen molar-refractivity contribution in [2.75, 3.05) is 0 Å². The summed E-state index contributed by atoms with van der Waals surface area (Å²) in [5.74, 6) is 0.132. The summed E-state index contributed by atoms with van der Waals surface area (Å²) in [6, 6.07) is 2.19. The summed E-state index contributed by atoms with van der Waals surface area (Å²) in [6.07, 6.45) is 4.80. The van der Waals surface area contributed by atoms with E-state index in [0.29, 0.717) is 12.8 Å². The molecule has 0 aromatic carbocycles. The van der Waals surface area contributed by atoms with Gasteiger partial charge >= 0.3 is 0 Å². The second-order valence-electron chi connectivity index (χ2n) is 3.96. The second-order valence-corrected chi connectivity index (χ2v) is 3.96. The maximum Gasteiger partial charge on any atom is 0.153 e. The zero-order valence-electron chi connectivity index (χ0n) is 8.26. The van der Waals surface area contributed by atoms with E-state index < -0.39 is 5.41 Å². The van der Waals surface area contributed by atoms with E-state index in [1.807, 2.05) is 19.9 Å². The Morgan fingerprint density at radius 3 is 2.77 bits per heavy atom. The van der Waals surface area contributed by atoms with Gasteiger partial charge in [0.15, 0.2) is 5.78 Å². The number of hydrogen-bond donors (Lipinski definition) is 0. The molecule has 1 aliphatic carbocycles. The zero-order chi connectivity index (χ0) is 9.90. The maximum absolute atomic E-state index is 11.5. The smallest absolute Gasteiger partial charge is 0.153 e. The lowest BCUT2D eigenvalue weighted by molar-refractivity contribution is -0.123. The highest BCUT2D eigenvalue weighted by molar-refractivity contribution is 5.89. The highest BCUT2D eigenvalue weighted by Crippen LogP contribution is 2.37. The van der Waals surface area contributed by atoms with E-state index in [9.17, 15) is 4.79 Å². The van der Waals surface area contributed by atoms with Crippen molar-refractivity contribution in [3.63, 3.8) is 0 Å². The predicted octanol–water partition coefficient (Wildman–Crippen LogP) is 2.61. The summed E-state index contributed by atoms with van der Waals surface area (Å²) in [7, 11) is 0. The van der Waals surface area contributed by atoms with Crippen molar-refractivity contribution < 1.29 is 4.79 Å². The number of carbonyl (C=O) groups excluding carboxylic acids is 1. The molecule has 0 N–H and O–H groups in total. The average molecular weight is 177 g/mol. The molecule has 1 aliphatic rings. The van der Waals surface area contributed by atoms with Crippen LogP contribution in [0, 0.1) is 16.7 Å². The SMILES string of the molecule is CC(C)=CCC1(C#N)CCCC1=O. The Morgan fingerprint density at radius 1 is 1.69 bits per heavy atom. The molecule has 1 saturated carbocycles. The van der Waals surface area contributed by atoms with E-state index in [4.69, 9.17) is 5.26 Å². The molecule has 1 fully saturated rings. The van der Waals surface area contributed by atoms with Crippen LogP contribution in [0.5, 0.6) is 0 Å². The van der Waals surface area contributed by atoms with Crippen LogP contribution in [0.4, 0.5) is 0 Å². The molecule has 0 saturated heterocycles. The van der Waals surface area contributed by atoms with Crippen LogP contribution >= 0.6 is 0 Å². The van der Waals surface area contributed by atoms with E-state index in [1.54, 1.807) is 0 Å². The number of nitrogens with zero attached hydrogens (tertiary/aromatic N) is 1. The van der Waals surface area contributed by atoms with Crippen molar-refractivity contribution in [2.24, 2.45) is 5.41 Å². The Balaban J connectivity index is 2.78. The first kappa shape index (κ1) is 9.98. The van der Waals surface area contributed by atoms with Crippen LogP contribution in [0.3, 0.4) is 0 Å². The van der Waals surface area contributed by atoms with Gasteiger partial charge in [0.1, 0.15) is 5.41 Å². The number of rotatable bonds is 2. The molecule has 70 valence electrons. The number of allylic oxidation sites excluding steroid dienone is 2. The van der Waals surface area contributed by atoms with Gasteiger partial charge in [-0.2, -0.15) is 5.26 Å². The first-order valence-corrected chi connectivity index (χ1v) is 4.69. The van der Waals surface area contributed by atoms with E-state index in [2.05, 4.69) is 6.07 Å². The average Bonchev–Trinajstić information content (AvgIpc) is 2.45. The minimum Gasteiger partial charge on any atom is -0.298 e. The van der Waals surface area contributed by atoms with Gasteiger partial charge in [0, 0.05) is 6.42 Å². The molecule has 0 amide bonds. The Hall–Kier alpha value is -1.10. The van der Waals surface area contributed by atoms with Gasteiger partial charge in [0.25, 0.3) is 0 Å². The molecule has 0 radical (unpaired) electrons. The minimum absolute atomic E-state index is 0.132. The molecule has 1 atom stereocenters. The number of hydrogen-bond acceptors (Lipinski definition) is 2. The second kappa shape index (κ2) is 3.74. The highest BCUT2D eigenvalue weighted by Gasteiger charge is 2.41. The first-order chi connectivity index (χ1) is 6.10. The molecule has 1 rings (SSSR count). The zero-order valence-corrected chi connectivity index (χ0v) is 8.26. The van der Waals surface area contributed by atoms with Crippen LogP contribution < -0.4 is 0 Å². The van der Waals surface area contributed by atoms with Crippen LogP contribution in [-0.2, 0) is 4.79 Å². The monoisotopic (exact) mass is 177 g/mol. The molecular formula is C11H15NO. The molecule has 13 heavy (non-hydrogen) atoms. The van der Waals surface area contributed by atoms with Gasteiger partial charge in [-0.1, -0.05) is 11.6 Å². The molecule has 0 aromatic rings. The summed E-state index contributed by atoms with van der Waals surface area (Å²) in [5.41, 5.74) is 0.492. The number of carbonyl (C=O) groups is 1. The van der Waals surface area contributed by atoms with Crippen LogP contribution in [0.25, 0.3) is 0 Å². The topological polar surface area (TPSA) is 40.9 Å². The lowest BCUT2D eigenvalue weighted by atomic mass is 9.83. The van der Waals surface area contributed by atoms with Crippen molar-refractivity contribution in [3.05, 3.63) is 11.6 Å². The lowest BCUT2D eigenvalue weighted by Crippen LogP contribution is -2.22. The number of nitriles is 1. The van der Waals surface area contributed by atoms with Crippen molar-refractivity contribution in [1.82, 2.24) is 0 Å². The van der Waals surface area contributed by atoms with Crippen molar-refractivity contribution in [3.8, 4) is 6.07 Å². The fraction of sp³-hybridized carbons (Fsp3) is 0.636. The summed E-state index contributed by atoms with van der Waals surface area (Å²) < 4.78 is 0. The quantitative estimate of drug-likeness (QED) is 0.608. The van der Waals surface area contributed by atoms with E-state index in [1.165, 1.54) is 5.57 Å². The molecule has 0 aromatic heterocycles. The number of Topliss-reactive ketones (excluding diaryl/α,β-unsaturated/α-hetero) is 1. The largest absolute Gasteiger partial charge is 0.298 e. The van der Waals surface area contributed by atoms with Gasteiger partial charge in [-0.05, 0) is 33.1 Å². The molecule has 2 heteroatoms. The fourth-order valence-corrected chi connectivity index (χ4v) is 1.69. The van der Waals surface area contributed by atoms with Gasteiger partial charge < -0.3 is 0 Å². The third-order valence-corrected chi connectivity index (χ3v) is 2.61. The molecule has 0 bridgehead atoms. The molecule has 2 nitrogen and oxygen atoms in total. The standard InChI is InChI=1S/C11H15NO/c1-9(2)5-7-11(8-12)6-3-4-10(11)13/h5H,3-4,6-7H2,1-2H3. The molecule has 0 spiro atoms. The van der Waals surface area contributed by atoms with Crippen LogP contribution in [-0.4, -0.2) is 5.78 Å². The van der Waals surface area contributed by atoms with Crippen LogP contribution in [0.1, 0.15) is 39.5 Å². The maximum atomic E-state index is 11.5. The molecule has 0 aliphatic heterocycles.